The van der Waals surface area contributed by atoms with Crippen LogP contribution in [0, 0.1) is 0 Å². The van der Waals surface area contributed by atoms with E-state index in [1.807, 2.05) is 0 Å². The molecule has 0 radical (unpaired) electrons. The van der Waals surface area contributed by atoms with E-state index in [2.05, 4.69) is 39.8 Å². The molecule has 0 amide bonds. The van der Waals surface area contributed by atoms with Crippen molar-refractivity contribution in [2.75, 3.05) is 0 Å². The van der Waals surface area contributed by atoms with Crippen molar-refractivity contribution in [3.05, 3.63) is 8.61 Å². The number of hydrogen-bond acceptors (Lipinski definition) is 3. The highest BCUT2D eigenvalue weighted by atomic mass is 127. The Balaban J connectivity index is 2.64. The second-order valence-corrected chi connectivity index (χ2v) is 3.30. The van der Waals surface area contributed by atoms with Crippen molar-refractivity contribution in [2.45, 2.75) is 6.92 Å². The van der Waals surface area contributed by atoms with Gasteiger partial charge in [-0.25, -0.2) is 0 Å². The van der Waals surface area contributed by atoms with E-state index in [1.165, 1.54) is 8.61 Å². The van der Waals surface area contributed by atoms with Gasteiger partial charge in [0.15, 0.2) is 0 Å². The number of hydrazine groups is 1. The molecule has 0 atom stereocenters. The van der Waals surface area contributed by atoms with Gasteiger partial charge in [-0.15, -0.1) is 0 Å². The highest BCUT2D eigenvalue weighted by Gasteiger charge is 2.04. The third-order valence-corrected chi connectivity index (χ3v) is 2.83. The first-order valence-electron chi connectivity index (χ1n) is 1.85. The summed E-state index contributed by atoms with van der Waals surface area (Å²) in [6.07, 6.45) is 0. The molecule has 7 heavy (non-hydrogen) atoms. The molecule has 0 aromatic heterocycles. The SMILES string of the molecule is CC1=C(I)NNS1. The molecule has 0 aliphatic carbocycles. The zero-order valence-corrected chi connectivity index (χ0v) is 6.76. The summed E-state index contributed by atoms with van der Waals surface area (Å²) in [7, 11) is 0. The molecule has 0 aromatic carbocycles. The second-order valence-electron chi connectivity index (χ2n) is 1.20. The van der Waals surface area contributed by atoms with E-state index in [-0.39, 0.29) is 0 Å². The molecular formula is C3H5IN2S. The van der Waals surface area contributed by atoms with Gasteiger partial charge in [0.1, 0.15) is 0 Å². The Morgan fingerprint density at radius 3 is 2.57 bits per heavy atom. The Morgan fingerprint density at radius 2 is 2.43 bits per heavy atom. The summed E-state index contributed by atoms with van der Waals surface area (Å²) in [5.41, 5.74) is 2.95. The molecule has 0 bridgehead atoms. The van der Waals surface area contributed by atoms with Crippen LogP contribution in [-0.4, -0.2) is 0 Å². The van der Waals surface area contributed by atoms with Crippen LogP contribution in [0.4, 0.5) is 0 Å². The van der Waals surface area contributed by atoms with E-state index >= 15 is 0 Å². The molecule has 1 aliphatic heterocycles. The van der Waals surface area contributed by atoms with Gasteiger partial charge in [0, 0.05) is 4.91 Å². The van der Waals surface area contributed by atoms with E-state index < -0.39 is 0 Å². The lowest BCUT2D eigenvalue weighted by Crippen LogP contribution is -2.14. The van der Waals surface area contributed by atoms with E-state index in [0.29, 0.717) is 0 Å². The Labute approximate surface area is 60.4 Å². The maximum Gasteiger partial charge on any atom is 0.0988 e. The smallest absolute Gasteiger partial charge is 0.0988 e. The van der Waals surface area contributed by atoms with Crippen LogP contribution >= 0.6 is 34.5 Å². The standard InChI is InChI=1S/C3H5IN2S/c1-2-3(4)5-6-7-2/h5-6H,1H3. The number of nitrogens with one attached hydrogen (secondary N) is 2. The van der Waals surface area contributed by atoms with E-state index in [9.17, 15) is 0 Å². The third-order valence-electron chi connectivity index (χ3n) is 0.674. The van der Waals surface area contributed by atoms with Crippen LogP contribution in [0.15, 0.2) is 8.61 Å². The van der Waals surface area contributed by atoms with Crippen molar-refractivity contribution in [3.63, 3.8) is 0 Å². The van der Waals surface area contributed by atoms with Gasteiger partial charge in [0.2, 0.25) is 0 Å². The third kappa shape index (κ3) is 1.23. The first-order chi connectivity index (χ1) is 3.30. The van der Waals surface area contributed by atoms with Crippen LogP contribution in [-0.2, 0) is 0 Å². The Hall–Kier alpha value is 0.580. The van der Waals surface area contributed by atoms with E-state index in [4.69, 9.17) is 0 Å². The minimum Gasteiger partial charge on any atom is -0.305 e. The molecule has 4 heteroatoms. The minimum absolute atomic E-state index is 1.20. The zero-order valence-electron chi connectivity index (χ0n) is 3.79. The van der Waals surface area contributed by atoms with Gasteiger partial charge >= 0.3 is 0 Å². The van der Waals surface area contributed by atoms with Gasteiger partial charge in [-0.3, -0.25) is 0 Å². The van der Waals surface area contributed by atoms with Crippen LogP contribution < -0.4 is 10.3 Å². The maximum atomic E-state index is 2.95. The lowest BCUT2D eigenvalue weighted by Gasteiger charge is -1.87. The highest BCUT2D eigenvalue weighted by molar-refractivity contribution is 14.1. The fourth-order valence-corrected chi connectivity index (χ4v) is 1.37. The molecule has 1 heterocycles. The van der Waals surface area contributed by atoms with Gasteiger partial charge in [-0.1, -0.05) is 0 Å². The topological polar surface area (TPSA) is 24.1 Å². The molecule has 40 valence electrons. The predicted molar refractivity (Wildman–Crippen MR) is 40.6 cm³/mol. The first kappa shape index (κ1) is 5.71. The summed E-state index contributed by atoms with van der Waals surface area (Å²) in [4.78, 5) is 4.21. The van der Waals surface area contributed by atoms with E-state index in [0.717, 1.165) is 0 Å². The summed E-state index contributed by atoms with van der Waals surface area (Å²) in [6.45, 7) is 2.07. The van der Waals surface area contributed by atoms with Crippen molar-refractivity contribution in [2.24, 2.45) is 0 Å². The number of hydrogen-bond donors (Lipinski definition) is 2. The highest BCUT2D eigenvalue weighted by Crippen LogP contribution is 2.22. The quantitative estimate of drug-likeness (QED) is 0.372. The Bertz CT molecular complexity index is 99.5. The van der Waals surface area contributed by atoms with Crippen LogP contribution in [0.5, 0.6) is 0 Å². The molecule has 1 rings (SSSR count). The van der Waals surface area contributed by atoms with Gasteiger partial charge in [0.25, 0.3) is 0 Å². The van der Waals surface area contributed by atoms with Gasteiger partial charge in [-0.2, -0.15) is 4.83 Å². The van der Waals surface area contributed by atoms with Crippen molar-refractivity contribution in [1.29, 1.82) is 0 Å². The molecule has 0 aromatic rings. The van der Waals surface area contributed by atoms with Crippen molar-refractivity contribution in [1.82, 2.24) is 10.3 Å². The molecule has 1 aliphatic rings. The van der Waals surface area contributed by atoms with Crippen molar-refractivity contribution < 1.29 is 0 Å². The van der Waals surface area contributed by atoms with Crippen molar-refractivity contribution in [3.8, 4) is 0 Å². The lowest BCUT2D eigenvalue weighted by molar-refractivity contribution is 0.888. The monoisotopic (exact) mass is 228 g/mol. The second kappa shape index (κ2) is 2.23. The fraction of sp³-hybridized carbons (Fsp3) is 0.333. The first-order valence-corrected chi connectivity index (χ1v) is 3.74. The van der Waals surface area contributed by atoms with Crippen LogP contribution in [0.3, 0.4) is 0 Å². The molecule has 0 saturated heterocycles. The maximum absolute atomic E-state index is 2.95. The zero-order chi connectivity index (χ0) is 5.28. The molecular weight excluding hydrogens is 223 g/mol. The summed E-state index contributed by atoms with van der Waals surface area (Å²) in [5, 5.41) is 0. The summed E-state index contributed by atoms with van der Waals surface area (Å²) >= 11 is 3.86. The fourth-order valence-electron chi connectivity index (χ4n) is 0.280. The summed E-state index contributed by atoms with van der Waals surface area (Å²) in [6, 6.07) is 0. The molecule has 0 fully saturated rings. The van der Waals surface area contributed by atoms with Crippen molar-refractivity contribution >= 4 is 34.5 Å². The van der Waals surface area contributed by atoms with Crippen LogP contribution in [0.1, 0.15) is 6.92 Å². The normalized spacial score (nSPS) is 20.3. The number of rotatable bonds is 0. The molecule has 2 N–H and O–H groups in total. The molecule has 0 unspecified atom stereocenters. The van der Waals surface area contributed by atoms with E-state index in [1.54, 1.807) is 11.9 Å². The average Bonchev–Trinajstić information content (AvgIpc) is 1.91. The van der Waals surface area contributed by atoms with Crippen LogP contribution in [0.25, 0.3) is 0 Å². The largest absolute Gasteiger partial charge is 0.305 e. The summed E-state index contributed by atoms with van der Waals surface area (Å²) in [5.74, 6) is 0. The minimum atomic E-state index is 1.20. The van der Waals surface area contributed by atoms with Gasteiger partial charge in [-0.05, 0) is 41.5 Å². The average molecular weight is 228 g/mol. The molecule has 0 saturated carbocycles. The Kier molecular flexibility index (Phi) is 1.82. The lowest BCUT2D eigenvalue weighted by atomic mass is 10.7. The molecule has 0 spiro atoms. The molecule has 2 nitrogen and oxygen atoms in total. The predicted octanol–water partition coefficient (Wildman–Crippen LogP) is 1.37. The number of allylic oxidation sites excluding steroid dienone is 1. The Morgan fingerprint density at radius 1 is 1.71 bits per heavy atom. The van der Waals surface area contributed by atoms with Gasteiger partial charge in [0.05, 0.1) is 3.70 Å². The van der Waals surface area contributed by atoms with Gasteiger partial charge < -0.3 is 5.43 Å². The number of halogens is 1. The van der Waals surface area contributed by atoms with Crippen LogP contribution in [0.2, 0.25) is 0 Å². The summed E-state index contributed by atoms with van der Waals surface area (Å²) < 4.78 is 1.20.